The van der Waals surface area contributed by atoms with Gasteiger partial charge in [0.05, 0.1) is 5.56 Å². The smallest absolute Gasteiger partial charge is 0.288 e. The van der Waals surface area contributed by atoms with Crippen LogP contribution in [0, 0.1) is 6.92 Å². The van der Waals surface area contributed by atoms with Crippen LogP contribution in [0.15, 0.2) is 41.2 Å². The first-order chi connectivity index (χ1) is 9.38. The summed E-state index contributed by atoms with van der Waals surface area (Å²) >= 11 is 1.33. The summed E-state index contributed by atoms with van der Waals surface area (Å²) < 4.78 is 39.6. The lowest BCUT2D eigenvalue weighted by Gasteiger charge is -2.08. The first-order valence-electron chi connectivity index (χ1n) is 5.91. The van der Waals surface area contributed by atoms with Crippen molar-refractivity contribution < 1.29 is 13.2 Å². The highest BCUT2D eigenvalue weighted by molar-refractivity contribution is 7.24. The van der Waals surface area contributed by atoms with Crippen LogP contribution in [0.2, 0.25) is 0 Å². The van der Waals surface area contributed by atoms with E-state index in [4.69, 9.17) is 0 Å². The number of hydrogen-bond acceptors (Lipinski definition) is 2. The molecule has 3 aromatic rings. The van der Waals surface area contributed by atoms with Crippen LogP contribution in [-0.2, 0) is 6.18 Å². The minimum atomic E-state index is -4.44. The maximum Gasteiger partial charge on any atom is 0.416 e. The van der Waals surface area contributed by atoms with Crippen molar-refractivity contribution in [1.29, 1.82) is 0 Å². The van der Waals surface area contributed by atoms with Crippen molar-refractivity contribution in [3.63, 3.8) is 0 Å². The largest absolute Gasteiger partial charge is 0.416 e. The third kappa shape index (κ3) is 1.98. The van der Waals surface area contributed by atoms with E-state index in [0.29, 0.717) is 10.1 Å². The molecular formula is C15H9F3OS. The van der Waals surface area contributed by atoms with E-state index in [1.807, 2.05) is 12.1 Å². The Morgan fingerprint density at radius 1 is 1.05 bits per heavy atom. The molecule has 2 aromatic carbocycles. The number of fused-ring (bicyclic) bond motifs is 2. The Morgan fingerprint density at radius 2 is 1.80 bits per heavy atom. The van der Waals surface area contributed by atoms with Crippen LogP contribution < -0.4 is 5.43 Å². The van der Waals surface area contributed by atoms with E-state index in [0.717, 1.165) is 22.4 Å². The molecule has 102 valence electrons. The fourth-order valence-corrected chi connectivity index (χ4v) is 3.38. The zero-order chi connectivity index (χ0) is 14.5. The van der Waals surface area contributed by atoms with Gasteiger partial charge in [0.15, 0.2) is 5.43 Å². The maximum absolute atomic E-state index is 12.7. The highest BCUT2D eigenvalue weighted by atomic mass is 32.1. The van der Waals surface area contributed by atoms with Crippen molar-refractivity contribution in [1.82, 2.24) is 0 Å². The predicted molar refractivity (Wildman–Crippen MR) is 75.3 cm³/mol. The van der Waals surface area contributed by atoms with Crippen molar-refractivity contribution in [3.05, 3.63) is 57.7 Å². The van der Waals surface area contributed by atoms with Gasteiger partial charge in [-0.15, -0.1) is 11.3 Å². The van der Waals surface area contributed by atoms with Crippen molar-refractivity contribution in [2.75, 3.05) is 0 Å². The number of aryl methyl sites for hydroxylation is 1. The molecule has 0 aliphatic carbocycles. The fraction of sp³-hybridized carbons (Fsp3) is 0.133. The van der Waals surface area contributed by atoms with Crippen molar-refractivity contribution >= 4 is 31.5 Å². The number of rotatable bonds is 0. The molecule has 0 spiro atoms. The van der Waals surface area contributed by atoms with Crippen LogP contribution >= 0.6 is 11.3 Å². The molecule has 0 fully saturated rings. The van der Waals surface area contributed by atoms with Gasteiger partial charge in [-0.05, 0) is 36.8 Å². The number of hydrogen-bond donors (Lipinski definition) is 0. The van der Waals surface area contributed by atoms with Crippen LogP contribution in [-0.4, -0.2) is 0 Å². The molecule has 1 aromatic heterocycles. The molecule has 5 heteroatoms. The molecule has 0 atom stereocenters. The van der Waals surface area contributed by atoms with Crippen LogP contribution in [0.1, 0.15) is 11.1 Å². The quantitative estimate of drug-likeness (QED) is 0.547. The number of halogens is 3. The van der Waals surface area contributed by atoms with Gasteiger partial charge in [0.25, 0.3) is 0 Å². The normalized spacial score (nSPS) is 12.2. The molecule has 0 radical (unpaired) electrons. The van der Waals surface area contributed by atoms with Gasteiger partial charge in [0.1, 0.15) is 0 Å². The Kier molecular flexibility index (Phi) is 2.83. The molecular weight excluding hydrogens is 285 g/mol. The second-order valence-electron chi connectivity index (χ2n) is 4.59. The molecule has 1 heterocycles. The standard InChI is InChI=1S/C15H9F3OS/c1-8-3-2-4-12-13(8)14(19)10-7-9(15(16,17)18)5-6-11(10)20-12/h2-7H,1H3. The summed E-state index contributed by atoms with van der Waals surface area (Å²) in [5.41, 5.74) is -0.344. The monoisotopic (exact) mass is 294 g/mol. The topological polar surface area (TPSA) is 17.1 Å². The summed E-state index contributed by atoms with van der Waals surface area (Å²) in [5, 5.41) is 0.635. The Labute approximate surface area is 116 Å². The molecule has 0 amide bonds. The summed E-state index contributed by atoms with van der Waals surface area (Å²) in [6, 6.07) is 8.76. The van der Waals surface area contributed by atoms with Gasteiger partial charge in [0, 0.05) is 20.2 Å². The average Bonchev–Trinajstić information content (AvgIpc) is 2.37. The summed E-state index contributed by atoms with van der Waals surface area (Å²) in [4.78, 5) is 12.4. The van der Waals surface area contributed by atoms with Crippen molar-refractivity contribution in [2.45, 2.75) is 13.1 Å². The van der Waals surface area contributed by atoms with Crippen molar-refractivity contribution in [3.8, 4) is 0 Å². The van der Waals surface area contributed by atoms with Gasteiger partial charge in [-0.25, -0.2) is 0 Å². The third-order valence-corrected chi connectivity index (χ3v) is 4.37. The first kappa shape index (κ1) is 13.1. The predicted octanol–water partition coefficient (Wildman–Crippen LogP) is 4.74. The van der Waals surface area contributed by atoms with Gasteiger partial charge >= 0.3 is 6.18 Å². The number of alkyl halides is 3. The van der Waals surface area contributed by atoms with Gasteiger partial charge in [0.2, 0.25) is 0 Å². The lowest BCUT2D eigenvalue weighted by atomic mass is 10.1. The first-order valence-corrected chi connectivity index (χ1v) is 6.73. The molecule has 20 heavy (non-hydrogen) atoms. The summed E-state index contributed by atoms with van der Waals surface area (Å²) in [7, 11) is 0. The van der Waals surface area contributed by atoms with Gasteiger partial charge in [-0.3, -0.25) is 4.79 Å². The SMILES string of the molecule is Cc1cccc2sc3ccc(C(F)(F)F)cc3c(=O)c12. The zero-order valence-electron chi connectivity index (χ0n) is 10.4. The minimum absolute atomic E-state index is 0.131. The van der Waals surface area contributed by atoms with Gasteiger partial charge < -0.3 is 0 Å². The zero-order valence-corrected chi connectivity index (χ0v) is 11.2. The molecule has 3 rings (SSSR count). The lowest BCUT2D eigenvalue weighted by Crippen LogP contribution is -2.08. The van der Waals surface area contributed by atoms with E-state index in [1.165, 1.54) is 17.4 Å². The molecule has 0 unspecified atom stereocenters. The van der Waals surface area contributed by atoms with Gasteiger partial charge in [-0.1, -0.05) is 12.1 Å². The molecule has 0 aliphatic heterocycles. The van der Waals surface area contributed by atoms with E-state index in [-0.39, 0.29) is 10.8 Å². The van der Waals surface area contributed by atoms with Crippen LogP contribution in [0.25, 0.3) is 20.2 Å². The summed E-state index contributed by atoms with van der Waals surface area (Å²) in [6.07, 6.45) is -4.44. The Bertz CT molecular complexity index is 878. The van der Waals surface area contributed by atoms with E-state index >= 15 is 0 Å². The summed E-state index contributed by atoms with van der Waals surface area (Å²) in [5.74, 6) is 0. The average molecular weight is 294 g/mol. The second kappa shape index (κ2) is 4.31. The Morgan fingerprint density at radius 3 is 2.50 bits per heavy atom. The lowest BCUT2D eigenvalue weighted by molar-refractivity contribution is -0.137. The highest BCUT2D eigenvalue weighted by Crippen LogP contribution is 2.33. The fourth-order valence-electron chi connectivity index (χ4n) is 2.24. The highest BCUT2D eigenvalue weighted by Gasteiger charge is 2.30. The molecule has 0 saturated heterocycles. The van der Waals surface area contributed by atoms with Crippen LogP contribution in [0.3, 0.4) is 0 Å². The molecule has 0 aliphatic rings. The van der Waals surface area contributed by atoms with Crippen LogP contribution in [0.5, 0.6) is 0 Å². The van der Waals surface area contributed by atoms with E-state index in [9.17, 15) is 18.0 Å². The molecule has 0 saturated carbocycles. The number of benzene rings is 2. The summed E-state index contributed by atoms with van der Waals surface area (Å²) in [6.45, 7) is 1.79. The molecule has 0 bridgehead atoms. The maximum atomic E-state index is 12.7. The van der Waals surface area contributed by atoms with E-state index < -0.39 is 11.7 Å². The third-order valence-electron chi connectivity index (χ3n) is 3.23. The van der Waals surface area contributed by atoms with Gasteiger partial charge in [-0.2, -0.15) is 13.2 Å². The molecule has 0 N–H and O–H groups in total. The molecule has 1 nitrogen and oxygen atoms in total. The Hall–Kier alpha value is -1.88. The van der Waals surface area contributed by atoms with E-state index in [1.54, 1.807) is 13.0 Å². The second-order valence-corrected chi connectivity index (χ2v) is 5.67. The Balaban J connectivity index is 2.47. The minimum Gasteiger partial charge on any atom is -0.288 e. The van der Waals surface area contributed by atoms with Crippen LogP contribution in [0.4, 0.5) is 13.2 Å². The van der Waals surface area contributed by atoms with Crippen molar-refractivity contribution in [2.24, 2.45) is 0 Å². The van der Waals surface area contributed by atoms with E-state index in [2.05, 4.69) is 0 Å².